The summed E-state index contributed by atoms with van der Waals surface area (Å²) in [5.41, 5.74) is 4.98. The Labute approximate surface area is 180 Å². The molecule has 150 valence electrons. The number of phenolic OH excluding ortho intramolecular Hbond substituents is 1. The zero-order valence-corrected chi connectivity index (χ0v) is 18.1. The lowest BCUT2D eigenvalue weighted by Crippen LogP contribution is -2.29. The topological polar surface area (TPSA) is 53.3 Å². The summed E-state index contributed by atoms with van der Waals surface area (Å²) >= 11 is 12.0. The number of phenols is 1. The Kier molecular flexibility index (Phi) is 5.23. The molecule has 1 aliphatic heterocycles. The summed E-state index contributed by atoms with van der Waals surface area (Å²) in [6.45, 7) is 7.26. The van der Waals surface area contributed by atoms with Crippen LogP contribution in [0, 0.1) is 13.8 Å². The second-order valence-corrected chi connectivity index (χ2v) is 8.02. The zero-order chi connectivity index (χ0) is 20.7. The summed E-state index contributed by atoms with van der Waals surface area (Å²) in [6, 6.07) is 12.7. The molecule has 2 aromatic heterocycles. The van der Waals surface area contributed by atoms with Gasteiger partial charge >= 0.3 is 0 Å². The van der Waals surface area contributed by atoms with E-state index in [4.69, 9.17) is 23.8 Å². The number of anilines is 1. The van der Waals surface area contributed by atoms with Crippen molar-refractivity contribution in [1.29, 1.82) is 0 Å². The SMILES string of the molecule is CCn1c(C)cc([C@@H]2[C@@H](c3ccccn3)NC(=S)N2c2cc(Cl)ccc2O)c1C. The number of aromatic hydroxyl groups is 1. The molecule has 0 saturated carbocycles. The Morgan fingerprint density at radius 1 is 1.21 bits per heavy atom. The van der Waals surface area contributed by atoms with Crippen molar-refractivity contribution in [3.05, 3.63) is 76.3 Å². The van der Waals surface area contributed by atoms with Crippen LogP contribution in [0.1, 0.15) is 41.7 Å². The van der Waals surface area contributed by atoms with Crippen molar-refractivity contribution in [3.63, 3.8) is 0 Å². The molecule has 1 aromatic carbocycles. The zero-order valence-electron chi connectivity index (χ0n) is 16.6. The maximum atomic E-state index is 10.6. The van der Waals surface area contributed by atoms with Crippen molar-refractivity contribution in [2.75, 3.05) is 4.90 Å². The normalized spacial score (nSPS) is 18.9. The van der Waals surface area contributed by atoms with Crippen LogP contribution in [0.15, 0.2) is 48.7 Å². The van der Waals surface area contributed by atoms with Crippen molar-refractivity contribution >= 4 is 34.6 Å². The number of halogens is 1. The molecule has 2 atom stereocenters. The van der Waals surface area contributed by atoms with E-state index in [2.05, 4.69) is 41.7 Å². The minimum atomic E-state index is -0.173. The van der Waals surface area contributed by atoms with Gasteiger partial charge in [-0.2, -0.15) is 0 Å². The molecule has 0 unspecified atom stereocenters. The fourth-order valence-electron chi connectivity index (χ4n) is 4.23. The number of hydrogen-bond donors (Lipinski definition) is 2. The fraction of sp³-hybridized carbons (Fsp3) is 0.273. The van der Waals surface area contributed by atoms with Gasteiger partial charge in [-0.15, -0.1) is 0 Å². The maximum Gasteiger partial charge on any atom is 0.174 e. The first-order chi connectivity index (χ1) is 13.9. The molecule has 1 fully saturated rings. The number of rotatable bonds is 4. The summed E-state index contributed by atoms with van der Waals surface area (Å²) in [4.78, 5) is 6.53. The van der Waals surface area contributed by atoms with E-state index in [-0.39, 0.29) is 17.8 Å². The average molecular weight is 427 g/mol. The third-order valence-electron chi connectivity index (χ3n) is 5.54. The largest absolute Gasteiger partial charge is 0.506 e. The van der Waals surface area contributed by atoms with Crippen molar-refractivity contribution < 1.29 is 5.11 Å². The standard InChI is InChI=1S/C22H23ClN4OS/c1-4-26-13(2)11-16(14(26)3)21-20(17-7-5-6-10-24-17)25-22(29)27(21)18-12-15(23)8-9-19(18)28/h5-12,20-21,28H,4H2,1-3H3,(H,25,29)/t20-,21-/m1/s1. The molecule has 1 saturated heterocycles. The van der Waals surface area contributed by atoms with Crippen LogP contribution < -0.4 is 10.2 Å². The molecule has 0 radical (unpaired) electrons. The molecule has 2 N–H and O–H groups in total. The van der Waals surface area contributed by atoms with Crippen LogP contribution in [-0.4, -0.2) is 19.8 Å². The van der Waals surface area contributed by atoms with Gasteiger partial charge in [0.1, 0.15) is 5.75 Å². The smallest absolute Gasteiger partial charge is 0.174 e. The molecule has 0 amide bonds. The van der Waals surface area contributed by atoms with Gasteiger partial charge in [-0.3, -0.25) is 4.98 Å². The lowest BCUT2D eigenvalue weighted by Gasteiger charge is -2.28. The van der Waals surface area contributed by atoms with Crippen LogP contribution >= 0.6 is 23.8 Å². The number of aryl methyl sites for hydroxylation is 1. The summed E-state index contributed by atoms with van der Waals surface area (Å²) in [5.74, 6) is 0.134. The number of aromatic nitrogens is 2. The lowest BCUT2D eigenvalue weighted by molar-refractivity contribution is 0.472. The highest BCUT2D eigenvalue weighted by atomic mass is 35.5. The predicted molar refractivity (Wildman–Crippen MR) is 121 cm³/mol. The van der Waals surface area contributed by atoms with Crippen molar-refractivity contribution in [2.45, 2.75) is 39.4 Å². The Balaban J connectivity index is 1.92. The Morgan fingerprint density at radius 2 is 2.00 bits per heavy atom. The summed E-state index contributed by atoms with van der Waals surface area (Å²) < 4.78 is 2.28. The van der Waals surface area contributed by atoms with Crippen LogP contribution in [0.3, 0.4) is 0 Å². The van der Waals surface area contributed by atoms with E-state index < -0.39 is 0 Å². The summed E-state index contributed by atoms with van der Waals surface area (Å²) in [7, 11) is 0. The number of nitrogens with one attached hydrogen (secondary N) is 1. The first-order valence-corrected chi connectivity index (χ1v) is 10.4. The quantitative estimate of drug-likeness (QED) is 0.571. The van der Waals surface area contributed by atoms with Crippen LogP contribution in [-0.2, 0) is 6.54 Å². The van der Waals surface area contributed by atoms with Crippen LogP contribution in [0.2, 0.25) is 5.02 Å². The third-order valence-corrected chi connectivity index (χ3v) is 6.09. The number of nitrogens with zero attached hydrogens (tertiary/aromatic N) is 3. The molecule has 4 rings (SSSR count). The molecule has 0 spiro atoms. The average Bonchev–Trinajstić information content (AvgIpc) is 3.19. The van der Waals surface area contributed by atoms with E-state index in [1.165, 1.54) is 11.4 Å². The van der Waals surface area contributed by atoms with E-state index in [0.29, 0.717) is 15.8 Å². The Bertz CT molecular complexity index is 1070. The predicted octanol–water partition coefficient (Wildman–Crippen LogP) is 5.06. The van der Waals surface area contributed by atoms with Crippen molar-refractivity contribution in [2.24, 2.45) is 0 Å². The highest BCUT2D eigenvalue weighted by molar-refractivity contribution is 7.80. The maximum absolute atomic E-state index is 10.6. The van der Waals surface area contributed by atoms with E-state index in [9.17, 15) is 5.11 Å². The van der Waals surface area contributed by atoms with Gasteiger partial charge < -0.3 is 19.9 Å². The minimum Gasteiger partial charge on any atom is -0.506 e. The van der Waals surface area contributed by atoms with Gasteiger partial charge in [0.15, 0.2) is 5.11 Å². The molecular weight excluding hydrogens is 404 g/mol. The molecule has 0 bridgehead atoms. The van der Waals surface area contributed by atoms with Gasteiger partial charge in [0.05, 0.1) is 23.5 Å². The van der Waals surface area contributed by atoms with E-state index >= 15 is 0 Å². The number of hydrogen-bond acceptors (Lipinski definition) is 3. The number of pyridine rings is 1. The molecule has 3 aromatic rings. The summed E-state index contributed by atoms with van der Waals surface area (Å²) in [5, 5.41) is 15.1. The molecule has 7 heteroatoms. The van der Waals surface area contributed by atoms with Crippen molar-refractivity contribution in [1.82, 2.24) is 14.9 Å². The highest BCUT2D eigenvalue weighted by Crippen LogP contribution is 2.46. The van der Waals surface area contributed by atoms with E-state index in [1.807, 2.05) is 23.1 Å². The molecule has 29 heavy (non-hydrogen) atoms. The van der Waals surface area contributed by atoms with Gasteiger partial charge in [0.25, 0.3) is 0 Å². The highest BCUT2D eigenvalue weighted by Gasteiger charge is 2.43. The van der Waals surface area contributed by atoms with Gasteiger partial charge in [0, 0.05) is 29.2 Å². The number of thiocarbonyl (C=S) groups is 1. The fourth-order valence-corrected chi connectivity index (χ4v) is 4.74. The van der Waals surface area contributed by atoms with Crippen molar-refractivity contribution in [3.8, 4) is 5.75 Å². The van der Waals surface area contributed by atoms with Crippen LogP contribution in [0.4, 0.5) is 5.69 Å². The van der Waals surface area contributed by atoms with Crippen LogP contribution in [0.25, 0.3) is 0 Å². The molecule has 3 heterocycles. The molecular formula is C22H23ClN4OS. The van der Waals surface area contributed by atoms with Gasteiger partial charge in [-0.1, -0.05) is 17.7 Å². The summed E-state index contributed by atoms with van der Waals surface area (Å²) in [6.07, 6.45) is 1.78. The lowest BCUT2D eigenvalue weighted by atomic mass is 9.96. The molecule has 5 nitrogen and oxygen atoms in total. The van der Waals surface area contributed by atoms with E-state index in [0.717, 1.165) is 17.8 Å². The molecule has 0 aliphatic carbocycles. The molecule has 1 aliphatic rings. The number of benzene rings is 1. The second-order valence-electron chi connectivity index (χ2n) is 7.20. The monoisotopic (exact) mass is 426 g/mol. The Hall–Kier alpha value is -2.57. The van der Waals surface area contributed by atoms with Gasteiger partial charge in [0.2, 0.25) is 0 Å². The van der Waals surface area contributed by atoms with E-state index in [1.54, 1.807) is 24.4 Å². The van der Waals surface area contributed by atoms with Crippen LogP contribution in [0.5, 0.6) is 5.75 Å². The third kappa shape index (κ3) is 3.36. The first kappa shape index (κ1) is 19.7. The minimum absolute atomic E-state index is 0.134. The van der Waals surface area contributed by atoms with Gasteiger partial charge in [-0.05, 0) is 75.0 Å². The first-order valence-electron chi connectivity index (χ1n) is 9.58. The Morgan fingerprint density at radius 3 is 2.66 bits per heavy atom. The van der Waals surface area contributed by atoms with Gasteiger partial charge in [-0.25, -0.2) is 0 Å². The second kappa shape index (κ2) is 7.69.